The van der Waals surface area contributed by atoms with Crippen molar-refractivity contribution in [2.24, 2.45) is 0 Å². The van der Waals surface area contributed by atoms with E-state index in [-0.39, 0.29) is 0 Å². The van der Waals surface area contributed by atoms with Gasteiger partial charge < -0.3 is 10.4 Å². The first kappa shape index (κ1) is 25.5. The number of benzene rings is 4. The van der Waals surface area contributed by atoms with Gasteiger partial charge in [-0.2, -0.15) is 0 Å². The van der Waals surface area contributed by atoms with Crippen LogP contribution in [0.4, 0.5) is 5.69 Å². The number of hydrogen-bond donors (Lipinski definition) is 2. The molecule has 2 N–H and O–H groups in total. The van der Waals surface area contributed by atoms with Gasteiger partial charge in [-0.1, -0.05) is 15.9 Å². The summed E-state index contributed by atoms with van der Waals surface area (Å²) in [5, 5.41) is 10.8. The van der Waals surface area contributed by atoms with E-state index in [1.54, 1.807) is 24.3 Å². The van der Waals surface area contributed by atoms with Gasteiger partial charge in [-0.05, 0) is 24.3 Å². The summed E-state index contributed by atoms with van der Waals surface area (Å²) in [6.45, 7) is 0. The first-order valence-electron chi connectivity index (χ1n) is 10.5. The number of amides is 1. The molecule has 0 unspecified atom stereocenters. The molecule has 0 aliphatic rings. The quantitative estimate of drug-likeness (QED) is 0.251. The number of nitrogens with one attached hydrogen (secondary N) is 1. The normalized spacial score (nSPS) is 10.4. The molecule has 0 aliphatic carbocycles. The van der Waals surface area contributed by atoms with Crippen molar-refractivity contribution in [3.05, 3.63) is 132 Å². The van der Waals surface area contributed by atoms with Gasteiger partial charge in [0.05, 0.1) is 0 Å². The number of aliphatic carboxylic acids is 1. The Balaban J connectivity index is 0.000000197. The minimum atomic E-state index is -1.98. The number of halogens is 1. The van der Waals surface area contributed by atoms with E-state index in [1.807, 2.05) is 0 Å². The number of anilines is 1. The summed E-state index contributed by atoms with van der Waals surface area (Å²) in [7, 11) is 0. The second-order valence-corrected chi connectivity index (χ2v) is 15.1. The number of rotatable bonds is 6. The molecule has 0 spiro atoms. The van der Waals surface area contributed by atoms with Crippen LogP contribution >= 0.6 is 15.9 Å². The average molecular weight is 620 g/mol. The molecule has 0 atom stereocenters. The van der Waals surface area contributed by atoms with Gasteiger partial charge in [0.25, 0.3) is 0 Å². The maximum atomic E-state index is 11.1. The van der Waals surface area contributed by atoms with Crippen molar-refractivity contribution in [2.45, 2.75) is 0 Å². The molecular formula is C28H23BrNO3Sn. The van der Waals surface area contributed by atoms with E-state index in [9.17, 15) is 9.59 Å². The fourth-order valence-electron chi connectivity index (χ4n) is 3.18. The minimum absolute atomic E-state index is 0.472. The third kappa shape index (κ3) is 8.32. The Morgan fingerprint density at radius 1 is 0.647 bits per heavy atom. The van der Waals surface area contributed by atoms with Gasteiger partial charge in [0.1, 0.15) is 0 Å². The van der Waals surface area contributed by atoms with Crippen LogP contribution in [0, 0.1) is 0 Å². The molecule has 0 fully saturated rings. The fourth-order valence-corrected chi connectivity index (χ4v) is 10.8. The van der Waals surface area contributed by atoms with Gasteiger partial charge in [0.2, 0.25) is 5.91 Å². The molecule has 34 heavy (non-hydrogen) atoms. The summed E-state index contributed by atoms with van der Waals surface area (Å²) in [6, 6.07) is 39.9. The standard InChI is InChI=1S/C10H8BrNO3.3C6H5.Sn/c11-7-1-3-8(4-2-7)12-9(13)5-6-10(14)15;3*1-2-4-6-5-3-1;/h1-6H,(H,12,13)(H,14,15);3*1-5H;/b6-5+;;;;. The maximum absolute atomic E-state index is 11.1. The van der Waals surface area contributed by atoms with E-state index < -0.39 is 31.6 Å². The van der Waals surface area contributed by atoms with Crippen LogP contribution < -0.4 is 16.1 Å². The molecule has 1 amide bonds. The molecular weight excluding hydrogens is 597 g/mol. The molecule has 4 nitrogen and oxygen atoms in total. The van der Waals surface area contributed by atoms with E-state index in [0.29, 0.717) is 5.69 Å². The zero-order valence-corrected chi connectivity index (χ0v) is 22.7. The number of carbonyl (C=O) groups is 2. The Labute approximate surface area is 214 Å². The second kappa shape index (κ2) is 13.5. The Morgan fingerprint density at radius 2 is 1.06 bits per heavy atom. The molecule has 0 heterocycles. The summed E-state index contributed by atoms with van der Waals surface area (Å²) in [6.07, 6.45) is 1.75. The fraction of sp³-hybridized carbons (Fsp3) is 0. The van der Waals surface area contributed by atoms with E-state index in [0.717, 1.165) is 16.6 Å². The van der Waals surface area contributed by atoms with Crippen molar-refractivity contribution in [1.82, 2.24) is 0 Å². The molecule has 1 radical (unpaired) electrons. The summed E-state index contributed by atoms with van der Waals surface area (Å²) in [5.41, 5.74) is 0.609. The first-order chi connectivity index (χ1) is 16.5. The Kier molecular flexibility index (Phi) is 10.1. The van der Waals surface area contributed by atoms with Crippen molar-refractivity contribution in [3.63, 3.8) is 0 Å². The SMILES string of the molecule is O=C(O)/C=C/C(=O)Nc1ccc(Br)cc1.c1cc[c]([Sn]([c]2ccccc2)[c]2ccccc2)cc1. The van der Waals surface area contributed by atoms with Crippen LogP contribution in [0.3, 0.4) is 0 Å². The average Bonchev–Trinajstić information content (AvgIpc) is 2.87. The van der Waals surface area contributed by atoms with Crippen LogP contribution in [0.25, 0.3) is 0 Å². The molecule has 4 aromatic carbocycles. The summed E-state index contributed by atoms with van der Waals surface area (Å²) in [5.74, 6) is -1.62. The summed E-state index contributed by atoms with van der Waals surface area (Å²) < 4.78 is 5.49. The zero-order chi connectivity index (χ0) is 24.2. The van der Waals surface area contributed by atoms with Crippen molar-refractivity contribution in [2.75, 3.05) is 5.32 Å². The molecule has 0 aliphatic heterocycles. The van der Waals surface area contributed by atoms with Crippen LogP contribution in [-0.2, 0) is 9.59 Å². The van der Waals surface area contributed by atoms with Gasteiger partial charge in [-0.15, -0.1) is 0 Å². The molecule has 0 saturated heterocycles. The molecule has 6 heteroatoms. The van der Waals surface area contributed by atoms with Crippen molar-refractivity contribution >= 4 is 64.0 Å². The van der Waals surface area contributed by atoms with E-state index in [4.69, 9.17) is 5.11 Å². The summed E-state index contributed by atoms with van der Waals surface area (Å²) >= 11 is 1.28. The topological polar surface area (TPSA) is 66.4 Å². The van der Waals surface area contributed by atoms with E-state index >= 15 is 0 Å². The predicted molar refractivity (Wildman–Crippen MR) is 144 cm³/mol. The number of carbonyl (C=O) groups excluding carboxylic acids is 1. The summed E-state index contributed by atoms with van der Waals surface area (Å²) in [4.78, 5) is 21.3. The van der Waals surface area contributed by atoms with Crippen LogP contribution in [-0.4, -0.2) is 36.7 Å². The number of carboxylic acid groups (broad SMARTS) is 1. The predicted octanol–water partition coefficient (Wildman–Crippen LogP) is 4.23. The molecule has 4 aromatic rings. The van der Waals surface area contributed by atoms with Crippen molar-refractivity contribution in [3.8, 4) is 0 Å². The van der Waals surface area contributed by atoms with Crippen LogP contribution in [0.2, 0.25) is 0 Å². The first-order valence-corrected chi connectivity index (χ1v) is 15.6. The Hall–Kier alpha value is -3.16. The van der Waals surface area contributed by atoms with Crippen molar-refractivity contribution < 1.29 is 14.7 Å². The van der Waals surface area contributed by atoms with E-state index in [2.05, 4.69) is 112 Å². The molecule has 4 rings (SSSR count). The van der Waals surface area contributed by atoms with Crippen LogP contribution in [0.1, 0.15) is 0 Å². The monoisotopic (exact) mass is 620 g/mol. The zero-order valence-electron chi connectivity index (χ0n) is 18.3. The van der Waals surface area contributed by atoms with E-state index in [1.165, 1.54) is 10.7 Å². The molecule has 0 aromatic heterocycles. The second-order valence-electron chi connectivity index (χ2n) is 7.14. The third-order valence-electron chi connectivity index (χ3n) is 4.68. The van der Waals surface area contributed by atoms with Gasteiger partial charge in [0, 0.05) is 22.3 Å². The number of hydrogen-bond acceptors (Lipinski definition) is 2. The van der Waals surface area contributed by atoms with Gasteiger partial charge >= 0.3 is 127 Å². The van der Waals surface area contributed by atoms with Gasteiger partial charge in [0.15, 0.2) is 0 Å². The molecule has 169 valence electrons. The van der Waals surface area contributed by atoms with Gasteiger partial charge in [-0.25, -0.2) is 4.79 Å². The molecule has 0 saturated carbocycles. The van der Waals surface area contributed by atoms with Crippen LogP contribution in [0.5, 0.6) is 0 Å². The Morgan fingerprint density at radius 3 is 1.44 bits per heavy atom. The Bertz CT molecular complexity index is 1120. The van der Waals surface area contributed by atoms with Gasteiger partial charge in [-0.3, -0.25) is 4.79 Å². The third-order valence-corrected chi connectivity index (χ3v) is 13.0. The van der Waals surface area contributed by atoms with Crippen molar-refractivity contribution in [1.29, 1.82) is 0 Å². The molecule has 0 bridgehead atoms. The number of carboxylic acids is 1. The van der Waals surface area contributed by atoms with Crippen LogP contribution in [0.15, 0.2) is 132 Å².